The summed E-state index contributed by atoms with van der Waals surface area (Å²) in [5, 5.41) is 8.15. The number of rotatable bonds is 5. The van der Waals surface area contributed by atoms with E-state index in [9.17, 15) is 4.79 Å². The van der Waals surface area contributed by atoms with Gasteiger partial charge >= 0.3 is 0 Å². The van der Waals surface area contributed by atoms with E-state index in [2.05, 4.69) is 24.5 Å². The van der Waals surface area contributed by atoms with E-state index in [-0.39, 0.29) is 17.6 Å². The van der Waals surface area contributed by atoms with Crippen LogP contribution in [0.4, 0.5) is 5.69 Å². The Morgan fingerprint density at radius 1 is 1.00 bits per heavy atom. The first kappa shape index (κ1) is 18.9. The number of ether oxygens (including phenoxy) is 1. The molecule has 0 atom stereocenters. The topological polar surface area (TPSA) is 50.4 Å². The normalized spacial score (nSPS) is 10.6. The van der Waals surface area contributed by atoms with Gasteiger partial charge in [-0.15, -0.1) is 0 Å². The maximum absolute atomic E-state index is 12.2. The first-order valence-corrected chi connectivity index (χ1v) is 9.25. The molecule has 0 fully saturated rings. The van der Waals surface area contributed by atoms with Crippen LogP contribution in [0.15, 0.2) is 66.7 Å². The van der Waals surface area contributed by atoms with Gasteiger partial charge < -0.3 is 10.1 Å². The third-order valence-corrected chi connectivity index (χ3v) is 4.39. The molecule has 5 heteroatoms. The molecule has 3 rings (SSSR count). The molecule has 138 valence electrons. The molecule has 0 saturated carbocycles. The lowest BCUT2D eigenvalue weighted by molar-refractivity contribution is -0.121. The molecule has 0 unspecified atom stereocenters. The molecule has 0 aliphatic carbocycles. The molecular formula is C22H22N2O2S. The van der Waals surface area contributed by atoms with Crippen LogP contribution in [0.5, 0.6) is 5.75 Å². The van der Waals surface area contributed by atoms with Crippen molar-refractivity contribution in [3.05, 3.63) is 72.3 Å². The van der Waals surface area contributed by atoms with Crippen molar-refractivity contribution in [3.8, 4) is 5.75 Å². The third kappa shape index (κ3) is 4.83. The Morgan fingerprint density at radius 3 is 2.52 bits per heavy atom. The van der Waals surface area contributed by atoms with Gasteiger partial charge in [0.15, 0.2) is 11.7 Å². The molecular weight excluding hydrogens is 356 g/mol. The lowest BCUT2D eigenvalue weighted by Gasteiger charge is -2.15. The molecule has 4 nitrogen and oxygen atoms in total. The molecule has 0 aliphatic rings. The molecule has 0 radical (unpaired) electrons. The monoisotopic (exact) mass is 378 g/mol. The maximum Gasteiger partial charge on any atom is 0.264 e. The average Bonchev–Trinajstić information content (AvgIpc) is 2.67. The average molecular weight is 378 g/mol. The summed E-state index contributed by atoms with van der Waals surface area (Å²) in [6, 6.07) is 21.6. The van der Waals surface area contributed by atoms with E-state index < -0.39 is 0 Å². The van der Waals surface area contributed by atoms with Gasteiger partial charge in [-0.2, -0.15) is 0 Å². The zero-order chi connectivity index (χ0) is 19.2. The highest BCUT2D eigenvalue weighted by Gasteiger charge is 2.11. The van der Waals surface area contributed by atoms with Gasteiger partial charge in [0, 0.05) is 11.1 Å². The number of amides is 1. The summed E-state index contributed by atoms with van der Waals surface area (Å²) in [5.74, 6) is 0.736. The van der Waals surface area contributed by atoms with E-state index >= 15 is 0 Å². The number of hydrogen-bond donors (Lipinski definition) is 2. The van der Waals surface area contributed by atoms with Crippen LogP contribution in [0.3, 0.4) is 0 Å². The van der Waals surface area contributed by atoms with Crippen LogP contribution in [0.25, 0.3) is 10.8 Å². The lowest BCUT2D eigenvalue weighted by atomic mass is 10.0. The highest BCUT2D eigenvalue weighted by molar-refractivity contribution is 7.80. The van der Waals surface area contributed by atoms with Crippen molar-refractivity contribution in [3.63, 3.8) is 0 Å². The minimum absolute atomic E-state index is 0.0961. The molecule has 1 amide bonds. The molecule has 0 aliphatic heterocycles. The second kappa shape index (κ2) is 8.64. The molecule has 3 aromatic rings. The zero-order valence-corrected chi connectivity index (χ0v) is 16.2. The summed E-state index contributed by atoms with van der Waals surface area (Å²) in [6.07, 6.45) is 0. The van der Waals surface area contributed by atoms with Crippen LogP contribution in [0.2, 0.25) is 0 Å². The number of para-hydroxylation sites is 1. The van der Waals surface area contributed by atoms with E-state index in [1.807, 2.05) is 66.7 Å². The Hall–Kier alpha value is -2.92. The van der Waals surface area contributed by atoms with Crippen molar-refractivity contribution in [1.29, 1.82) is 0 Å². The van der Waals surface area contributed by atoms with E-state index in [0.29, 0.717) is 5.92 Å². The van der Waals surface area contributed by atoms with Gasteiger partial charge in [-0.3, -0.25) is 10.1 Å². The van der Waals surface area contributed by atoms with Crippen LogP contribution in [0, 0.1) is 0 Å². The van der Waals surface area contributed by atoms with E-state index in [1.165, 1.54) is 0 Å². The Bertz CT molecular complexity index is 964. The molecule has 0 bridgehead atoms. The standard InChI is InChI=1S/C22H22N2O2S/c1-15(2)17-10-5-6-13-20(17)26-14-21(25)24-22(27)23-19-12-7-9-16-8-3-4-11-18(16)19/h3-13,15H,14H2,1-2H3,(H2,23,24,25,27). The number of nitrogens with one attached hydrogen (secondary N) is 2. The molecule has 0 aromatic heterocycles. The number of thiocarbonyl (C=S) groups is 1. The first-order valence-electron chi connectivity index (χ1n) is 8.85. The van der Waals surface area contributed by atoms with Crippen molar-refractivity contribution >= 4 is 39.7 Å². The number of anilines is 1. The summed E-state index contributed by atoms with van der Waals surface area (Å²) in [6.45, 7) is 4.08. The number of carbonyl (C=O) groups excluding carboxylic acids is 1. The minimum Gasteiger partial charge on any atom is -0.483 e. The fourth-order valence-electron chi connectivity index (χ4n) is 2.88. The van der Waals surface area contributed by atoms with Gasteiger partial charge in [0.1, 0.15) is 5.75 Å². The van der Waals surface area contributed by atoms with Crippen molar-refractivity contribution < 1.29 is 9.53 Å². The van der Waals surface area contributed by atoms with Gasteiger partial charge in [-0.1, -0.05) is 68.4 Å². The maximum atomic E-state index is 12.2. The number of hydrogen-bond acceptors (Lipinski definition) is 3. The highest BCUT2D eigenvalue weighted by atomic mass is 32.1. The van der Waals surface area contributed by atoms with Crippen molar-refractivity contribution in [2.45, 2.75) is 19.8 Å². The van der Waals surface area contributed by atoms with Gasteiger partial charge in [-0.05, 0) is 41.2 Å². The number of benzene rings is 3. The largest absolute Gasteiger partial charge is 0.483 e. The van der Waals surface area contributed by atoms with Crippen LogP contribution >= 0.6 is 12.2 Å². The summed E-state index contributed by atoms with van der Waals surface area (Å²) < 4.78 is 5.68. The highest BCUT2D eigenvalue weighted by Crippen LogP contribution is 2.26. The van der Waals surface area contributed by atoms with Crippen LogP contribution in [-0.4, -0.2) is 17.6 Å². The fourth-order valence-corrected chi connectivity index (χ4v) is 3.11. The quantitative estimate of drug-likeness (QED) is 0.623. The van der Waals surface area contributed by atoms with Crippen molar-refractivity contribution in [2.24, 2.45) is 0 Å². The van der Waals surface area contributed by atoms with Crippen LogP contribution in [-0.2, 0) is 4.79 Å². The summed E-state index contributed by atoms with van der Waals surface area (Å²) in [5.41, 5.74) is 1.92. The zero-order valence-electron chi connectivity index (χ0n) is 15.4. The van der Waals surface area contributed by atoms with Crippen molar-refractivity contribution in [2.75, 3.05) is 11.9 Å². The molecule has 0 saturated heterocycles. The first-order chi connectivity index (χ1) is 13.0. The summed E-state index contributed by atoms with van der Waals surface area (Å²) >= 11 is 5.27. The van der Waals surface area contributed by atoms with Gasteiger partial charge in [0.25, 0.3) is 5.91 Å². The number of carbonyl (C=O) groups is 1. The van der Waals surface area contributed by atoms with Crippen LogP contribution in [0.1, 0.15) is 25.3 Å². The lowest BCUT2D eigenvalue weighted by Crippen LogP contribution is -2.37. The van der Waals surface area contributed by atoms with Gasteiger partial charge in [-0.25, -0.2) is 0 Å². The number of fused-ring (bicyclic) bond motifs is 1. The Balaban J connectivity index is 1.59. The van der Waals surface area contributed by atoms with E-state index in [4.69, 9.17) is 17.0 Å². The molecule has 3 aromatic carbocycles. The molecule has 0 spiro atoms. The smallest absolute Gasteiger partial charge is 0.264 e. The van der Waals surface area contributed by atoms with E-state index in [1.54, 1.807) is 0 Å². The second-order valence-electron chi connectivity index (χ2n) is 6.51. The third-order valence-electron chi connectivity index (χ3n) is 4.19. The molecule has 0 heterocycles. The predicted molar refractivity (Wildman–Crippen MR) is 114 cm³/mol. The Morgan fingerprint density at radius 2 is 1.70 bits per heavy atom. The predicted octanol–water partition coefficient (Wildman–Crippen LogP) is 4.86. The summed E-state index contributed by atoms with van der Waals surface area (Å²) in [4.78, 5) is 12.2. The van der Waals surface area contributed by atoms with Crippen LogP contribution < -0.4 is 15.4 Å². The Kier molecular flexibility index (Phi) is 6.04. The second-order valence-corrected chi connectivity index (χ2v) is 6.92. The minimum atomic E-state index is -0.300. The van der Waals surface area contributed by atoms with Gasteiger partial charge in [0.2, 0.25) is 0 Å². The Labute approximate surface area is 164 Å². The van der Waals surface area contributed by atoms with Gasteiger partial charge in [0.05, 0.1) is 0 Å². The van der Waals surface area contributed by atoms with E-state index in [0.717, 1.165) is 27.8 Å². The molecule has 27 heavy (non-hydrogen) atoms. The SMILES string of the molecule is CC(C)c1ccccc1OCC(=O)NC(=S)Nc1cccc2ccccc12. The summed E-state index contributed by atoms with van der Waals surface area (Å²) in [7, 11) is 0. The molecule has 2 N–H and O–H groups in total. The van der Waals surface area contributed by atoms with Crippen molar-refractivity contribution in [1.82, 2.24) is 5.32 Å². The fraction of sp³-hybridized carbons (Fsp3) is 0.182.